The van der Waals surface area contributed by atoms with Crippen LogP contribution in [-0.2, 0) is 4.74 Å². The Balaban J connectivity index is 2.00. The third-order valence-corrected chi connectivity index (χ3v) is 3.59. The molecule has 0 bridgehead atoms. The van der Waals surface area contributed by atoms with Gasteiger partial charge in [-0.1, -0.05) is 36.4 Å². The van der Waals surface area contributed by atoms with Crippen molar-refractivity contribution in [1.29, 1.82) is 10.8 Å². The molecule has 0 atom stereocenters. The Morgan fingerprint density at radius 3 is 1.62 bits per heavy atom. The fraction of sp³-hybridized carbons (Fsp3) is 0. The first kappa shape index (κ1) is 15.5. The molecule has 0 radical (unpaired) electrons. The second-order valence-electron chi connectivity index (χ2n) is 5.12. The van der Waals surface area contributed by atoms with Crippen LogP contribution in [0.4, 0.5) is 17.1 Å². The third-order valence-electron chi connectivity index (χ3n) is 3.59. The zero-order valence-electron chi connectivity index (χ0n) is 13.0. The van der Waals surface area contributed by atoms with Crippen LogP contribution >= 0.6 is 0 Å². The van der Waals surface area contributed by atoms with Crippen LogP contribution in [0, 0.1) is 10.8 Å². The highest BCUT2D eigenvalue weighted by Crippen LogP contribution is 2.33. The van der Waals surface area contributed by atoms with Gasteiger partial charge in [0.25, 0.3) is 0 Å². The van der Waals surface area contributed by atoms with E-state index in [-0.39, 0.29) is 5.90 Å². The lowest BCUT2D eigenvalue weighted by Gasteiger charge is -2.25. The van der Waals surface area contributed by atoms with Gasteiger partial charge in [-0.3, -0.25) is 10.8 Å². The number of nitrogens with zero attached hydrogens (tertiary/aromatic N) is 1. The lowest BCUT2D eigenvalue weighted by atomic mass is 10.1. The topological polar surface area (TPSA) is 60.2 Å². The van der Waals surface area contributed by atoms with Gasteiger partial charge in [0.1, 0.15) is 0 Å². The van der Waals surface area contributed by atoms with Crippen molar-refractivity contribution in [2.45, 2.75) is 0 Å². The molecule has 0 aliphatic carbocycles. The van der Waals surface area contributed by atoms with E-state index in [4.69, 9.17) is 15.6 Å². The summed E-state index contributed by atoms with van der Waals surface area (Å²) in [4.78, 5) is 2.14. The monoisotopic (exact) mass is 315 g/mol. The molecule has 0 unspecified atom stereocenters. The number of hydrogen-bond acceptors (Lipinski definition) is 4. The van der Waals surface area contributed by atoms with Gasteiger partial charge in [-0.2, -0.15) is 0 Å². The van der Waals surface area contributed by atoms with E-state index >= 15 is 0 Å². The van der Waals surface area contributed by atoms with Gasteiger partial charge < -0.3 is 9.64 Å². The van der Waals surface area contributed by atoms with Gasteiger partial charge in [-0.25, -0.2) is 0 Å². The zero-order valence-corrected chi connectivity index (χ0v) is 13.0. The van der Waals surface area contributed by atoms with E-state index in [1.165, 1.54) is 0 Å². The summed E-state index contributed by atoms with van der Waals surface area (Å²) in [6.07, 6.45) is 0.760. The molecule has 0 aromatic heterocycles. The Bertz CT molecular complexity index is 775. The van der Waals surface area contributed by atoms with Crippen LogP contribution in [0.5, 0.6) is 0 Å². The van der Waals surface area contributed by atoms with Gasteiger partial charge in [-0.05, 0) is 48.5 Å². The molecule has 4 heteroatoms. The molecule has 4 nitrogen and oxygen atoms in total. The lowest BCUT2D eigenvalue weighted by Crippen LogP contribution is -2.10. The van der Waals surface area contributed by atoms with Gasteiger partial charge in [0.2, 0.25) is 5.90 Å². The normalized spacial score (nSPS) is 10.0. The van der Waals surface area contributed by atoms with Crippen molar-refractivity contribution in [3.63, 3.8) is 0 Å². The summed E-state index contributed by atoms with van der Waals surface area (Å²) in [5.41, 5.74) is 3.73. The van der Waals surface area contributed by atoms with Crippen LogP contribution < -0.4 is 4.90 Å². The average molecular weight is 315 g/mol. The summed E-state index contributed by atoms with van der Waals surface area (Å²) < 4.78 is 4.81. The minimum Gasteiger partial charge on any atom is -0.428 e. The predicted octanol–water partition coefficient (Wildman–Crippen LogP) is 5.11. The van der Waals surface area contributed by atoms with Crippen molar-refractivity contribution in [3.05, 3.63) is 90.5 Å². The average Bonchev–Trinajstić information content (AvgIpc) is 2.64. The van der Waals surface area contributed by atoms with Gasteiger partial charge in [0.05, 0.1) is 0 Å². The molecular weight excluding hydrogens is 298 g/mol. The molecule has 3 aromatic carbocycles. The Labute approximate surface area is 141 Å². The first-order chi connectivity index (χ1) is 11.8. The fourth-order valence-electron chi connectivity index (χ4n) is 2.49. The number of anilines is 3. The molecule has 0 amide bonds. The van der Waals surface area contributed by atoms with E-state index in [0.29, 0.717) is 5.56 Å². The van der Waals surface area contributed by atoms with Crippen molar-refractivity contribution in [1.82, 2.24) is 0 Å². The minimum atomic E-state index is -0.0393. The maximum Gasteiger partial charge on any atom is 0.220 e. The summed E-state index contributed by atoms with van der Waals surface area (Å²) in [6.45, 7) is 0. The summed E-state index contributed by atoms with van der Waals surface area (Å²) in [5.74, 6) is -0.0393. The van der Waals surface area contributed by atoms with Gasteiger partial charge in [0.15, 0.2) is 6.40 Å². The Kier molecular flexibility index (Phi) is 4.68. The number of benzene rings is 3. The molecule has 2 N–H and O–H groups in total. The SMILES string of the molecule is N=COC(=N)c1ccc(N(c2ccccc2)c2ccccc2)cc1. The number of para-hydroxylation sites is 2. The van der Waals surface area contributed by atoms with E-state index in [1.54, 1.807) is 0 Å². The lowest BCUT2D eigenvalue weighted by molar-refractivity contribution is 0.561. The molecule has 3 aromatic rings. The Morgan fingerprint density at radius 2 is 1.17 bits per heavy atom. The predicted molar refractivity (Wildman–Crippen MR) is 97.8 cm³/mol. The van der Waals surface area contributed by atoms with Gasteiger partial charge in [-0.15, -0.1) is 0 Å². The maximum atomic E-state index is 7.75. The third kappa shape index (κ3) is 3.33. The molecule has 0 fully saturated rings. The summed E-state index contributed by atoms with van der Waals surface area (Å²) >= 11 is 0. The molecule has 0 saturated carbocycles. The van der Waals surface area contributed by atoms with Crippen LogP contribution in [0.3, 0.4) is 0 Å². The quantitative estimate of drug-likeness (QED) is 0.508. The van der Waals surface area contributed by atoms with Crippen molar-refractivity contribution in [3.8, 4) is 0 Å². The number of nitrogens with one attached hydrogen (secondary N) is 2. The summed E-state index contributed by atoms with van der Waals surface area (Å²) in [6, 6.07) is 27.8. The van der Waals surface area contributed by atoms with Crippen molar-refractivity contribution in [2.24, 2.45) is 0 Å². The number of hydrogen-bond donors (Lipinski definition) is 2. The van der Waals surface area contributed by atoms with Crippen LogP contribution in [0.25, 0.3) is 0 Å². The highest BCUT2D eigenvalue weighted by molar-refractivity contribution is 5.95. The molecule has 0 saturated heterocycles. The number of ether oxygens (including phenoxy) is 1. The molecule has 3 rings (SSSR count). The van der Waals surface area contributed by atoms with Crippen molar-refractivity contribution in [2.75, 3.05) is 4.90 Å². The van der Waals surface area contributed by atoms with E-state index in [0.717, 1.165) is 23.5 Å². The summed E-state index contributed by atoms with van der Waals surface area (Å²) in [7, 11) is 0. The van der Waals surface area contributed by atoms with Crippen LogP contribution in [0.2, 0.25) is 0 Å². The van der Waals surface area contributed by atoms with E-state index in [2.05, 4.69) is 29.2 Å². The Hall–Kier alpha value is -3.40. The molecule has 0 heterocycles. The second kappa shape index (κ2) is 7.24. The maximum absolute atomic E-state index is 7.75. The van der Waals surface area contributed by atoms with Crippen LogP contribution in [0.1, 0.15) is 5.56 Å². The first-order valence-electron chi connectivity index (χ1n) is 7.54. The van der Waals surface area contributed by atoms with Crippen LogP contribution in [-0.4, -0.2) is 12.3 Å². The van der Waals surface area contributed by atoms with Gasteiger partial charge in [0, 0.05) is 22.6 Å². The molecular formula is C20H17N3O. The molecule has 0 aliphatic heterocycles. The Morgan fingerprint density at radius 1 is 0.708 bits per heavy atom. The largest absolute Gasteiger partial charge is 0.428 e. The molecule has 24 heavy (non-hydrogen) atoms. The van der Waals surface area contributed by atoms with E-state index in [9.17, 15) is 0 Å². The van der Waals surface area contributed by atoms with Crippen LogP contribution in [0.15, 0.2) is 84.9 Å². The number of rotatable bonds is 5. The highest BCUT2D eigenvalue weighted by Gasteiger charge is 2.12. The molecule has 0 spiro atoms. The van der Waals surface area contributed by atoms with E-state index in [1.807, 2.05) is 60.7 Å². The first-order valence-corrected chi connectivity index (χ1v) is 7.54. The summed E-state index contributed by atoms with van der Waals surface area (Å²) in [5, 5.41) is 14.7. The van der Waals surface area contributed by atoms with Gasteiger partial charge >= 0.3 is 0 Å². The van der Waals surface area contributed by atoms with Crippen molar-refractivity contribution < 1.29 is 4.74 Å². The molecule has 118 valence electrons. The minimum absolute atomic E-state index is 0.0393. The second-order valence-corrected chi connectivity index (χ2v) is 5.12. The fourth-order valence-corrected chi connectivity index (χ4v) is 2.49. The van der Waals surface area contributed by atoms with E-state index < -0.39 is 0 Å². The standard InChI is InChI=1S/C20H17N3O/c21-15-24-20(22)16-11-13-19(14-12-16)23(17-7-3-1-4-8-17)18-9-5-2-6-10-18/h1-15,21-22H. The zero-order chi connectivity index (χ0) is 16.8. The van der Waals surface area contributed by atoms with Crippen molar-refractivity contribution >= 4 is 29.4 Å². The highest BCUT2D eigenvalue weighted by atomic mass is 16.5. The smallest absolute Gasteiger partial charge is 0.220 e. The molecule has 0 aliphatic rings.